The van der Waals surface area contributed by atoms with Crippen LogP contribution in [0.25, 0.3) is 38.6 Å². The fourth-order valence-corrected chi connectivity index (χ4v) is 9.34. The van der Waals surface area contributed by atoms with Gasteiger partial charge in [0.2, 0.25) is 6.71 Å². The molecule has 1 atom stereocenters. The van der Waals surface area contributed by atoms with E-state index in [-0.39, 0.29) is 12.6 Å². The van der Waals surface area contributed by atoms with Gasteiger partial charge in [0.25, 0.3) is 0 Å². The van der Waals surface area contributed by atoms with Crippen molar-refractivity contribution >= 4 is 62.0 Å². The quantitative estimate of drug-likeness (QED) is 0.171. The summed E-state index contributed by atoms with van der Waals surface area (Å²) < 4.78 is 2.41. The smallest absolute Gasteiger partial charge is 0.247 e. The number of fused-ring (bicyclic) bond motifs is 7. The number of nitrogens with zero attached hydrogens (tertiary/aromatic N) is 2. The molecule has 2 nitrogen and oxygen atoms in total. The van der Waals surface area contributed by atoms with Crippen LogP contribution in [0.3, 0.4) is 0 Å². The highest BCUT2D eigenvalue weighted by Gasteiger charge is 2.43. The Balaban J connectivity index is 1.19. The minimum atomic E-state index is 0.147. The largest absolute Gasteiger partial charge is 0.311 e. The van der Waals surface area contributed by atoms with Crippen molar-refractivity contribution in [2.75, 3.05) is 4.90 Å². The van der Waals surface area contributed by atoms with Crippen molar-refractivity contribution in [3.05, 3.63) is 211 Å². The van der Waals surface area contributed by atoms with Gasteiger partial charge in [-0.15, -0.1) is 0 Å². The Hall–Kier alpha value is -6.58. The molecule has 9 aromatic rings. The van der Waals surface area contributed by atoms with E-state index in [1.165, 1.54) is 88.8 Å². The molecule has 3 heteroatoms. The molecule has 1 unspecified atom stereocenters. The number of hydrogen-bond acceptors (Lipinski definition) is 1. The Bertz CT molecular complexity index is 2820. The van der Waals surface area contributed by atoms with Crippen LogP contribution < -0.4 is 21.3 Å². The molecule has 0 amide bonds. The molecular weight excluding hydrogens is 627 g/mol. The van der Waals surface area contributed by atoms with Crippen molar-refractivity contribution in [2.24, 2.45) is 0 Å². The van der Waals surface area contributed by atoms with Crippen molar-refractivity contribution in [3.8, 4) is 16.8 Å². The summed E-state index contributed by atoms with van der Waals surface area (Å²) in [5.74, 6) is 0.156. The minimum absolute atomic E-state index is 0.147. The van der Waals surface area contributed by atoms with Gasteiger partial charge in [0.1, 0.15) is 0 Å². The zero-order chi connectivity index (χ0) is 34.2. The second-order valence-corrected chi connectivity index (χ2v) is 14.0. The van der Waals surface area contributed by atoms with E-state index in [0.29, 0.717) is 0 Å². The minimum Gasteiger partial charge on any atom is -0.311 e. The van der Waals surface area contributed by atoms with Gasteiger partial charge in [-0.05, 0) is 75.6 Å². The molecule has 2 aliphatic heterocycles. The molecule has 242 valence electrons. The maximum atomic E-state index is 2.55. The molecule has 11 rings (SSSR count). The fourth-order valence-electron chi connectivity index (χ4n) is 9.34. The molecular formula is C49H33BN2. The predicted molar refractivity (Wildman–Crippen MR) is 219 cm³/mol. The summed E-state index contributed by atoms with van der Waals surface area (Å²) in [6, 6.07) is 71.6. The van der Waals surface area contributed by atoms with E-state index < -0.39 is 0 Å². The van der Waals surface area contributed by atoms with Crippen LogP contribution in [0.5, 0.6) is 0 Å². The molecule has 52 heavy (non-hydrogen) atoms. The molecule has 1 aromatic heterocycles. The van der Waals surface area contributed by atoms with Crippen molar-refractivity contribution in [2.45, 2.75) is 5.92 Å². The Morgan fingerprint density at radius 3 is 1.87 bits per heavy atom. The Kier molecular flexibility index (Phi) is 6.44. The summed E-state index contributed by atoms with van der Waals surface area (Å²) in [6.07, 6.45) is 0. The van der Waals surface area contributed by atoms with E-state index in [2.05, 4.69) is 204 Å². The van der Waals surface area contributed by atoms with Crippen molar-refractivity contribution in [3.63, 3.8) is 0 Å². The topological polar surface area (TPSA) is 8.17 Å². The van der Waals surface area contributed by atoms with Gasteiger partial charge >= 0.3 is 0 Å². The van der Waals surface area contributed by atoms with E-state index in [1.807, 2.05) is 0 Å². The van der Waals surface area contributed by atoms with E-state index in [4.69, 9.17) is 0 Å². The summed E-state index contributed by atoms with van der Waals surface area (Å²) in [4.78, 5) is 2.55. The lowest BCUT2D eigenvalue weighted by Crippen LogP contribution is -2.61. The molecule has 0 fully saturated rings. The highest BCUT2D eigenvalue weighted by atomic mass is 15.2. The number of para-hydroxylation sites is 4. The van der Waals surface area contributed by atoms with E-state index in [0.717, 1.165) is 0 Å². The lowest BCUT2D eigenvalue weighted by atomic mass is 9.31. The van der Waals surface area contributed by atoms with Gasteiger partial charge in [0.15, 0.2) is 0 Å². The van der Waals surface area contributed by atoms with Crippen LogP contribution in [-0.2, 0) is 0 Å². The highest BCUT2D eigenvalue weighted by Crippen LogP contribution is 2.47. The van der Waals surface area contributed by atoms with E-state index in [1.54, 1.807) is 0 Å². The van der Waals surface area contributed by atoms with Crippen LogP contribution in [0.4, 0.5) is 17.1 Å². The van der Waals surface area contributed by atoms with Crippen LogP contribution in [0.15, 0.2) is 194 Å². The molecule has 3 heterocycles. The van der Waals surface area contributed by atoms with Crippen LogP contribution in [0, 0.1) is 0 Å². The van der Waals surface area contributed by atoms with Gasteiger partial charge in [-0.25, -0.2) is 0 Å². The molecule has 0 radical (unpaired) electrons. The number of anilines is 3. The third-order valence-electron chi connectivity index (χ3n) is 11.3. The Morgan fingerprint density at radius 2 is 1.00 bits per heavy atom. The third kappa shape index (κ3) is 4.14. The number of rotatable bonds is 4. The normalized spacial score (nSPS) is 14.3. The lowest BCUT2D eigenvalue weighted by Gasteiger charge is -2.43. The first kappa shape index (κ1) is 29.2. The maximum Gasteiger partial charge on any atom is 0.247 e. The van der Waals surface area contributed by atoms with Crippen LogP contribution in [-0.4, -0.2) is 11.3 Å². The van der Waals surface area contributed by atoms with Crippen LogP contribution in [0.1, 0.15) is 22.6 Å². The number of hydrogen-bond donors (Lipinski definition) is 0. The predicted octanol–water partition coefficient (Wildman–Crippen LogP) is 10.2. The zero-order valence-corrected chi connectivity index (χ0v) is 28.5. The zero-order valence-electron chi connectivity index (χ0n) is 28.5. The molecule has 0 bridgehead atoms. The monoisotopic (exact) mass is 660 g/mol. The molecule has 0 spiro atoms. The molecule has 8 aromatic carbocycles. The van der Waals surface area contributed by atoms with Crippen molar-refractivity contribution < 1.29 is 0 Å². The third-order valence-corrected chi connectivity index (χ3v) is 11.3. The van der Waals surface area contributed by atoms with E-state index in [9.17, 15) is 0 Å². The average Bonchev–Trinajstić information content (AvgIpc) is 3.56. The van der Waals surface area contributed by atoms with Gasteiger partial charge in [-0.2, -0.15) is 0 Å². The summed E-state index contributed by atoms with van der Waals surface area (Å²) in [5, 5.41) is 2.52. The molecule has 0 saturated carbocycles. The SMILES string of the molecule is c1ccc(C2c3ccccc3B3c4ccccc4N(c4ccccc4-c4cccc5c4c4ccccc4n5-c4ccccc4)c4cccc2c43)cc1. The van der Waals surface area contributed by atoms with Crippen molar-refractivity contribution in [1.29, 1.82) is 0 Å². The van der Waals surface area contributed by atoms with Gasteiger partial charge < -0.3 is 9.47 Å². The molecule has 0 aliphatic carbocycles. The first-order valence-electron chi connectivity index (χ1n) is 18.2. The second-order valence-electron chi connectivity index (χ2n) is 14.0. The summed E-state index contributed by atoms with van der Waals surface area (Å²) in [7, 11) is 0. The Labute approximate surface area is 303 Å². The number of aromatic nitrogens is 1. The molecule has 2 aliphatic rings. The molecule has 0 N–H and O–H groups in total. The van der Waals surface area contributed by atoms with Crippen LogP contribution >= 0.6 is 0 Å². The lowest BCUT2D eigenvalue weighted by molar-refractivity contribution is 0.984. The maximum absolute atomic E-state index is 2.55. The second kappa shape index (κ2) is 11.5. The van der Waals surface area contributed by atoms with E-state index >= 15 is 0 Å². The van der Waals surface area contributed by atoms with Gasteiger partial charge in [0, 0.05) is 39.3 Å². The highest BCUT2D eigenvalue weighted by molar-refractivity contribution is 6.99. The first-order chi connectivity index (χ1) is 25.9. The molecule has 0 saturated heterocycles. The van der Waals surface area contributed by atoms with Gasteiger partial charge in [-0.1, -0.05) is 157 Å². The van der Waals surface area contributed by atoms with Gasteiger partial charge in [0.05, 0.1) is 16.7 Å². The fraction of sp³-hybridized carbons (Fsp3) is 0.0204. The van der Waals surface area contributed by atoms with Crippen LogP contribution in [0.2, 0.25) is 0 Å². The van der Waals surface area contributed by atoms with Gasteiger partial charge in [-0.3, -0.25) is 0 Å². The standard InChI is InChI=1S/C49H33BN2/c1-3-17-33(18-4-1)47-37-22-7-10-26-40(37)50-41-27-11-14-30-44(41)52(46-32-16-25-39(47)49(46)50)42-28-12-8-21-35(42)36-24-15-31-45-48(36)38-23-9-13-29-43(38)51(45)34-19-5-2-6-20-34/h1-32,47H. The first-order valence-corrected chi connectivity index (χ1v) is 18.2. The Morgan fingerprint density at radius 1 is 0.404 bits per heavy atom. The average molecular weight is 661 g/mol. The van der Waals surface area contributed by atoms with Crippen molar-refractivity contribution in [1.82, 2.24) is 4.57 Å². The summed E-state index contributed by atoms with van der Waals surface area (Å²) in [6.45, 7) is 0.147. The summed E-state index contributed by atoms with van der Waals surface area (Å²) >= 11 is 0. The number of benzene rings is 8. The summed E-state index contributed by atoms with van der Waals surface area (Å²) in [5.41, 5.74) is 18.0.